The number of anilines is 2. The highest BCUT2D eigenvalue weighted by Crippen LogP contribution is 2.27. The Morgan fingerprint density at radius 2 is 1.19 bits per heavy atom. The standard InChI is InChI=1S/C16H13ClN4/c17-16-20-14(10-3-1-5-12(18)7-10)9-15(21-16)11-4-2-6-13(19)8-11/h1-9H,18-19H2. The van der Waals surface area contributed by atoms with Gasteiger partial charge >= 0.3 is 0 Å². The molecule has 4 N–H and O–H groups in total. The second kappa shape index (κ2) is 5.42. The zero-order valence-corrected chi connectivity index (χ0v) is 11.9. The number of nitrogens with two attached hydrogens (primary N) is 2. The number of benzene rings is 2. The van der Waals surface area contributed by atoms with Crippen LogP contribution in [0.15, 0.2) is 54.6 Å². The first-order valence-corrected chi connectivity index (χ1v) is 6.76. The molecule has 0 aliphatic carbocycles. The summed E-state index contributed by atoms with van der Waals surface area (Å²) in [6.45, 7) is 0. The minimum Gasteiger partial charge on any atom is -0.399 e. The molecule has 0 unspecified atom stereocenters. The van der Waals surface area contributed by atoms with Crippen LogP contribution in [0.5, 0.6) is 0 Å². The predicted molar refractivity (Wildman–Crippen MR) is 86.7 cm³/mol. The zero-order valence-electron chi connectivity index (χ0n) is 11.1. The average molecular weight is 297 g/mol. The third-order valence-corrected chi connectivity index (χ3v) is 3.23. The van der Waals surface area contributed by atoms with E-state index < -0.39 is 0 Å². The Balaban J connectivity index is 2.12. The topological polar surface area (TPSA) is 77.8 Å². The van der Waals surface area contributed by atoms with Crippen molar-refractivity contribution in [1.29, 1.82) is 0 Å². The van der Waals surface area contributed by atoms with Crippen molar-refractivity contribution in [1.82, 2.24) is 9.97 Å². The van der Waals surface area contributed by atoms with E-state index in [0.717, 1.165) is 22.5 Å². The molecule has 0 radical (unpaired) electrons. The summed E-state index contributed by atoms with van der Waals surface area (Å²) < 4.78 is 0. The van der Waals surface area contributed by atoms with Gasteiger partial charge in [-0.2, -0.15) is 0 Å². The van der Waals surface area contributed by atoms with Gasteiger partial charge in [-0.25, -0.2) is 9.97 Å². The Morgan fingerprint density at radius 1 is 0.714 bits per heavy atom. The molecule has 21 heavy (non-hydrogen) atoms. The number of halogens is 1. The Morgan fingerprint density at radius 3 is 1.62 bits per heavy atom. The van der Waals surface area contributed by atoms with Gasteiger partial charge in [0.25, 0.3) is 0 Å². The van der Waals surface area contributed by atoms with Gasteiger partial charge in [0, 0.05) is 22.5 Å². The molecule has 3 rings (SSSR count). The summed E-state index contributed by atoms with van der Waals surface area (Å²) in [7, 11) is 0. The van der Waals surface area contributed by atoms with Gasteiger partial charge in [0.05, 0.1) is 11.4 Å². The maximum atomic E-state index is 6.04. The Hall–Kier alpha value is -2.59. The van der Waals surface area contributed by atoms with Crippen LogP contribution in [0.4, 0.5) is 11.4 Å². The van der Waals surface area contributed by atoms with E-state index in [1.807, 2.05) is 54.6 Å². The van der Waals surface area contributed by atoms with Crippen LogP contribution in [0.1, 0.15) is 0 Å². The Kier molecular flexibility index (Phi) is 3.46. The van der Waals surface area contributed by atoms with Crippen LogP contribution >= 0.6 is 11.6 Å². The third-order valence-electron chi connectivity index (χ3n) is 3.06. The van der Waals surface area contributed by atoms with Gasteiger partial charge < -0.3 is 11.5 Å². The summed E-state index contributed by atoms with van der Waals surface area (Å²) in [6, 6.07) is 16.8. The van der Waals surface area contributed by atoms with E-state index in [4.69, 9.17) is 23.1 Å². The monoisotopic (exact) mass is 296 g/mol. The molecule has 3 aromatic rings. The van der Waals surface area contributed by atoms with Crippen molar-refractivity contribution < 1.29 is 0 Å². The quantitative estimate of drug-likeness (QED) is 0.559. The van der Waals surface area contributed by atoms with Crippen LogP contribution in [-0.2, 0) is 0 Å². The summed E-state index contributed by atoms with van der Waals surface area (Å²) >= 11 is 6.04. The molecule has 0 amide bonds. The molecule has 104 valence electrons. The van der Waals surface area contributed by atoms with Crippen molar-refractivity contribution in [3.63, 3.8) is 0 Å². The summed E-state index contributed by atoms with van der Waals surface area (Å²) in [5, 5.41) is 0.187. The van der Waals surface area contributed by atoms with E-state index in [2.05, 4.69) is 9.97 Å². The lowest BCUT2D eigenvalue weighted by atomic mass is 10.1. The average Bonchev–Trinajstić information content (AvgIpc) is 2.46. The highest BCUT2D eigenvalue weighted by Gasteiger charge is 2.08. The highest BCUT2D eigenvalue weighted by molar-refractivity contribution is 6.28. The van der Waals surface area contributed by atoms with Crippen molar-refractivity contribution in [3.05, 3.63) is 59.9 Å². The normalized spacial score (nSPS) is 10.5. The largest absolute Gasteiger partial charge is 0.399 e. The minimum atomic E-state index is 0.187. The number of hydrogen-bond donors (Lipinski definition) is 2. The first-order chi connectivity index (χ1) is 10.1. The molecule has 0 bridgehead atoms. The van der Waals surface area contributed by atoms with Gasteiger partial charge in [0.15, 0.2) is 0 Å². The third kappa shape index (κ3) is 2.95. The molecule has 0 fully saturated rings. The maximum absolute atomic E-state index is 6.04. The lowest BCUT2D eigenvalue weighted by Gasteiger charge is -2.07. The van der Waals surface area contributed by atoms with E-state index in [-0.39, 0.29) is 5.28 Å². The smallest absolute Gasteiger partial charge is 0.223 e. The molecule has 4 nitrogen and oxygen atoms in total. The molecule has 0 saturated carbocycles. The molecule has 5 heteroatoms. The number of aromatic nitrogens is 2. The molecule has 0 saturated heterocycles. The molecule has 2 aromatic carbocycles. The second-order valence-corrected chi connectivity index (χ2v) is 5.00. The molecule has 0 atom stereocenters. The molecule has 0 aliphatic rings. The van der Waals surface area contributed by atoms with E-state index >= 15 is 0 Å². The molecule has 1 aromatic heterocycles. The SMILES string of the molecule is Nc1cccc(-c2cc(-c3cccc(N)c3)nc(Cl)n2)c1. The Bertz CT molecular complexity index is 738. The van der Waals surface area contributed by atoms with E-state index in [1.165, 1.54) is 0 Å². The highest BCUT2D eigenvalue weighted by atomic mass is 35.5. The van der Waals surface area contributed by atoms with Crippen molar-refractivity contribution >= 4 is 23.0 Å². The first-order valence-electron chi connectivity index (χ1n) is 6.38. The van der Waals surface area contributed by atoms with E-state index in [9.17, 15) is 0 Å². The second-order valence-electron chi connectivity index (χ2n) is 4.66. The molecule has 1 heterocycles. The molecular weight excluding hydrogens is 284 g/mol. The van der Waals surface area contributed by atoms with Crippen LogP contribution in [-0.4, -0.2) is 9.97 Å². The van der Waals surface area contributed by atoms with Gasteiger partial charge in [0.1, 0.15) is 0 Å². The van der Waals surface area contributed by atoms with Gasteiger partial charge in [-0.3, -0.25) is 0 Å². The maximum Gasteiger partial charge on any atom is 0.223 e. The zero-order chi connectivity index (χ0) is 14.8. The van der Waals surface area contributed by atoms with E-state index in [1.54, 1.807) is 0 Å². The number of nitrogen functional groups attached to an aromatic ring is 2. The van der Waals surface area contributed by atoms with Crippen LogP contribution in [0, 0.1) is 0 Å². The molecule has 0 spiro atoms. The lowest BCUT2D eigenvalue weighted by molar-refractivity contribution is 1.18. The van der Waals surface area contributed by atoms with Crippen molar-refractivity contribution in [2.75, 3.05) is 11.5 Å². The summed E-state index contributed by atoms with van der Waals surface area (Å²) in [5.74, 6) is 0. The van der Waals surface area contributed by atoms with Gasteiger partial charge in [-0.05, 0) is 41.9 Å². The fraction of sp³-hybridized carbons (Fsp3) is 0. The van der Waals surface area contributed by atoms with Gasteiger partial charge in [-0.1, -0.05) is 24.3 Å². The summed E-state index contributed by atoms with van der Waals surface area (Å²) in [5.41, 5.74) is 16.2. The summed E-state index contributed by atoms with van der Waals surface area (Å²) in [6.07, 6.45) is 0. The van der Waals surface area contributed by atoms with Crippen LogP contribution < -0.4 is 11.5 Å². The van der Waals surface area contributed by atoms with Crippen molar-refractivity contribution in [3.8, 4) is 22.5 Å². The van der Waals surface area contributed by atoms with Crippen LogP contribution in [0.3, 0.4) is 0 Å². The molecule has 0 aliphatic heterocycles. The fourth-order valence-corrected chi connectivity index (χ4v) is 2.29. The van der Waals surface area contributed by atoms with Crippen molar-refractivity contribution in [2.24, 2.45) is 0 Å². The van der Waals surface area contributed by atoms with Crippen LogP contribution in [0.25, 0.3) is 22.5 Å². The number of nitrogens with zero attached hydrogens (tertiary/aromatic N) is 2. The fourth-order valence-electron chi connectivity index (χ4n) is 2.11. The predicted octanol–water partition coefficient (Wildman–Crippen LogP) is 3.63. The van der Waals surface area contributed by atoms with E-state index in [0.29, 0.717) is 11.4 Å². The first kappa shape index (κ1) is 13.4. The molecular formula is C16H13ClN4. The Labute approximate surface area is 127 Å². The minimum absolute atomic E-state index is 0.187. The summed E-state index contributed by atoms with van der Waals surface area (Å²) in [4.78, 5) is 8.52. The van der Waals surface area contributed by atoms with Crippen molar-refractivity contribution in [2.45, 2.75) is 0 Å². The van der Waals surface area contributed by atoms with Gasteiger partial charge in [0.2, 0.25) is 5.28 Å². The van der Waals surface area contributed by atoms with Crippen LogP contribution in [0.2, 0.25) is 5.28 Å². The number of hydrogen-bond acceptors (Lipinski definition) is 4. The lowest BCUT2D eigenvalue weighted by Crippen LogP contribution is -1.93. The number of rotatable bonds is 2. The van der Waals surface area contributed by atoms with Gasteiger partial charge in [-0.15, -0.1) is 0 Å².